The van der Waals surface area contributed by atoms with Gasteiger partial charge in [-0.15, -0.1) is 0 Å². The average Bonchev–Trinajstić information content (AvgIpc) is 2.77. The molecule has 4 nitrogen and oxygen atoms in total. The van der Waals surface area contributed by atoms with Gasteiger partial charge < -0.3 is 10.5 Å². The monoisotopic (exact) mass is 209 g/mol. The zero-order valence-corrected chi connectivity index (χ0v) is 9.49. The van der Waals surface area contributed by atoms with Crippen molar-refractivity contribution < 1.29 is 4.74 Å². The van der Waals surface area contributed by atoms with Gasteiger partial charge in [-0.1, -0.05) is 12.8 Å². The van der Waals surface area contributed by atoms with Crippen LogP contribution in [0.5, 0.6) is 0 Å². The van der Waals surface area contributed by atoms with Crippen LogP contribution in [0.3, 0.4) is 0 Å². The summed E-state index contributed by atoms with van der Waals surface area (Å²) in [6, 6.07) is 0. The maximum atomic E-state index is 5.78. The summed E-state index contributed by atoms with van der Waals surface area (Å²) < 4.78 is 7.57. The lowest BCUT2D eigenvalue weighted by molar-refractivity contribution is -0.0208. The molecule has 15 heavy (non-hydrogen) atoms. The molecule has 1 fully saturated rings. The quantitative estimate of drug-likeness (QED) is 0.824. The average molecular weight is 209 g/mol. The van der Waals surface area contributed by atoms with Crippen molar-refractivity contribution in [2.24, 2.45) is 0 Å². The van der Waals surface area contributed by atoms with Crippen molar-refractivity contribution in [1.82, 2.24) is 9.78 Å². The van der Waals surface area contributed by atoms with Gasteiger partial charge in [-0.05, 0) is 19.8 Å². The number of anilines is 1. The first kappa shape index (κ1) is 10.5. The Morgan fingerprint density at radius 3 is 2.67 bits per heavy atom. The lowest BCUT2D eigenvalue weighted by atomic mass is 10.0. The SMILES string of the molecule is COC1(Cn2cc(N)c(C)n2)CCCC1. The van der Waals surface area contributed by atoms with Crippen molar-refractivity contribution in [1.29, 1.82) is 0 Å². The zero-order valence-electron chi connectivity index (χ0n) is 9.49. The number of aromatic nitrogens is 2. The van der Waals surface area contributed by atoms with Crippen LogP contribution in [0.25, 0.3) is 0 Å². The maximum absolute atomic E-state index is 5.78. The van der Waals surface area contributed by atoms with Gasteiger partial charge in [-0.2, -0.15) is 5.10 Å². The van der Waals surface area contributed by atoms with Gasteiger partial charge in [0.15, 0.2) is 0 Å². The fourth-order valence-corrected chi connectivity index (χ4v) is 2.36. The summed E-state index contributed by atoms with van der Waals surface area (Å²) in [6.45, 7) is 2.75. The first-order valence-corrected chi connectivity index (χ1v) is 5.50. The fourth-order valence-electron chi connectivity index (χ4n) is 2.36. The fraction of sp³-hybridized carbons (Fsp3) is 0.727. The minimum Gasteiger partial charge on any atom is -0.396 e. The van der Waals surface area contributed by atoms with Crippen molar-refractivity contribution in [3.05, 3.63) is 11.9 Å². The first-order valence-electron chi connectivity index (χ1n) is 5.50. The highest BCUT2D eigenvalue weighted by Gasteiger charge is 2.34. The van der Waals surface area contributed by atoms with E-state index in [9.17, 15) is 0 Å². The Morgan fingerprint density at radius 2 is 2.20 bits per heavy atom. The Bertz CT molecular complexity index is 320. The van der Waals surface area contributed by atoms with Crippen LogP contribution in [0.15, 0.2) is 6.20 Å². The summed E-state index contributed by atoms with van der Waals surface area (Å²) in [6.07, 6.45) is 6.66. The van der Waals surface area contributed by atoms with Crippen molar-refractivity contribution in [2.45, 2.75) is 44.8 Å². The van der Waals surface area contributed by atoms with Crippen molar-refractivity contribution in [2.75, 3.05) is 12.8 Å². The third-order valence-corrected chi connectivity index (χ3v) is 3.38. The van der Waals surface area contributed by atoms with E-state index in [0.717, 1.165) is 30.8 Å². The van der Waals surface area contributed by atoms with Gasteiger partial charge in [-0.3, -0.25) is 4.68 Å². The van der Waals surface area contributed by atoms with Gasteiger partial charge in [0, 0.05) is 13.3 Å². The molecule has 1 aromatic rings. The molecule has 0 spiro atoms. The van der Waals surface area contributed by atoms with Crippen LogP contribution in [-0.2, 0) is 11.3 Å². The molecule has 1 aliphatic carbocycles. The number of ether oxygens (including phenoxy) is 1. The maximum Gasteiger partial charge on any atom is 0.0873 e. The van der Waals surface area contributed by atoms with Crippen LogP contribution in [0.2, 0.25) is 0 Å². The number of rotatable bonds is 3. The van der Waals surface area contributed by atoms with Crippen molar-refractivity contribution in [3.8, 4) is 0 Å². The first-order chi connectivity index (χ1) is 7.15. The number of nitrogens with two attached hydrogens (primary N) is 1. The Balaban J connectivity index is 2.12. The van der Waals surface area contributed by atoms with Crippen LogP contribution in [0.4, 0.5) is 5.69 Å². The van der Waals surface area contributed by atoms with E-state index in [1.165, 1.54) is 12.8 Å². The minimum absolute atomic E-state index is 0.00903. The lowest BCUT2D eigenvalue weighted by Crippen LogP contribution is -2.33. The van der Waals surface area contributed by atoms with Crippen LogP contribution < -0.4 is 5.73 Å². The van der Waals surface area contributed by atoms with Gasteiger partial charge >= 0.3 is 0 Å². The number of nitrogen functional groups attached to an aromatic ring is 1. The van der Waals surface area contributed by atoms with E-state index < -0.39 is 0 Å². The number of aryl methyl sites for hydroxylation is 1. The molecular weight excluding hydrogens is 190 g/mol. The molecule has 0 atom stereocenters. The molecule has 1 aliphatic rings. The van der Waals surface area contributed by atoms with E-state index in [0.29, 0.717) is 0 Å². The summed E-state index contributed by atoms with van der Waals surface area (Å²) in [5.41, 5.74) is 7.43. The zero-order chi connectivity index (χ0) is 10.9. The van der Waals surface area contributed by atoms with Crippen LogP contribution >= 0.6 is 0 Å². The summed E-state index contributed by atoms with van der Waals surface area (Å²) in [5.74, 6) is 0. The standard InChI is InChI=1S/C11H19N3O/c1-9-10(12)7-14(13-9)8-11(15-2)5-3-4-6-11/h7H,3-6,8,12H2,1-2H3. The molecule has 1 heterocycles. The second kappa shape index (κ2) is 3.85. The molecule has 84 valence electrons. The second-order valence-electron chi connectivity index (χ2n) is 4.46. The Hall–Kier alpha value is -1.03. The van der Waals surface area contributed by atoms with E-state index in [-0.39, 0.29) is 5.60 Å². The predicted octanol–water partition coefficient (Wildman–Crippen LogP) is 1.73. The molecule has 0 radical (unpaired) electrons. The van der Waals surface area contributed by atoms with Gasteiger partial charge in [0.1, 0.15) is 0 Å². The van der Waals surface area contributed by atoms with E-state index in [1.54, 1.807) is 7.11 Å². The summed E-state index contributed by atoms with van der Waals surface area (Å²) in [4.78, 5) is 0. The van der Waals surface area contributed by atoms with Gasteiger partial charge in [0.25, 0.3) is 0 Å². The Morgan fingerprint density at radius 1 is 1.53 bits per heavy atom. The largest absolute Gasteiger partial charge is 0.396 e. The molecule has 0 unspecified atom stereocenters. The molecule has 0 aliphatic heterocycles. The highest BCUT2D eigenvalue weighted by Crippen LogP contribution is 2.34. The van der Waals surface area contributed by atoms with Gasteiger partial charge in [0.05, 0.1) is 23.5 Å². The minimum atomic E-state index is -0.00903. The third kappa shape index (κ3) is 2.00. The molecule has 2 rings (SSSR count). The van der Waals surface area contributed by atoms with Gasteiger partial charge in [0.2, 0.25) is 0 Å². The van der Waals surface area contributed by atoms with Crippen molar-refractivity contribution >= 4 is 5.69 Å². The van der Waals surface area contributed by atoms with Gasteiger partial charge in [-0.25, -0.2) is 0 Å². The Labute approximate surface area is 90.4 Å². The highest BCUT2D eigenvalue weighted by molar-refractivity contribution is 5.39. The number of nitrogens with zero attached hydrogens (tertiary/aromatic N) is 2. The summed E-state index contributed by atoms with van der Waals surface area (Å²) in [5, 5.41) is 4.38. The molecule has 0 saturated heterocycles. The number of hydrogen-bond acceptors (Lipinski definition) is 3. The topological polar surface area (TPSA) is 53.1 Å². The molecule has 2 N–H and O–H groups in total. The number of methoxy groups -OCH3 is 1. The Kier molecular flexibility index (Phi) is 2.69. The number of hydrogen-bond donors (Lipinski definition) is 1. The summed E-state index contributed by atoms with van der Waals surface area (Å²) in [7, 11) is 1.80. The summed E-state index contributed by atoms with van der Waals surface area (Å²) >= 11 is 0. The molecular formula is C11H19N3O. The molecule has 0 bridgehead atoms. The van der Waals surface area contributed by atoms with Crippen molar-refractivity contribution in [3.63, 3.8) is 0 Å². The van der Waals surface area contributed by atoms with Crippen LogP contribution in [-0.4, -0.2) is 22.5 Å². The molecule has 1 aromatic heterocycles. The lowest BCUT2D eigenvalue weighted by Gasteiger charge is -2.27. The predicted molar refractivity (Wildman–Crippen MR) is 59.6 cm³/mol. The molecule has 0 aromatic carbocycles. The smallest absolute Gasteiger partial charge is 0.0873 e. The van der Waals surface area contributed by atoms with E-state index in [4.69, 9.17) is 10.5 Å². The highest BCUT2D eigenvalue weighted by atomic mass is 16.5. The van der Waals surface area contributed by atoms with E-state index in [2.05, 4.69) is 5.10 Å². The van der Waals surface area contributed by atoms with Crippen LogP contribution in [0.1, 0.15) is 31.4 Å². The second-order valence-corrected chi connectivity index (χ2v) is 4.46. The normalized spacial score (nSPS) is 19.6. The third-order valence-electron chi connectivity index (χ3n) is 3.38. The molecule has 1 saturated carbocycles. The van der Waals surface area contributed by atoms with E-state index in [1.807, 2.05) is 17.8 Å². The molecule has 0 amide bonds. The molecule has 4 heteroatoms. The van der Waals surface area contributed by atoms with E-state index >= 15 is 0 Å². The van der Waals surface area contributed by atoms with Crippen LogP contribution in [0, 0.1) is 6.92 Å².